The van der Waals surface area contributed by atoms with Crippen LogP contribution >= 0.6 is 34.4 Å². The lowest BCUT2D eigenvalue weighted by Gasteiger charge is -1.99. The fourth-order valence-electron chi connectivity index (χ4n) is 2.03. The molecule has 0 saturated carbocycles. The molecule has 0 unspecified atom stereocenters. The van der Waals surface area contributed by atoms with Crippen molar-refractivity contribution in [1.29, 1.82) is 0 Å². The summed E-state index contributed by atoms with van der Waals surface area (Å²) in [5.74, 6) is 2.09. The SMILES string of the molecule is Cc1ccc(Cc2nc(CSCc3cccs3)cs2)cc1. The Labute approximate surface area is 138 Å². The third-order valence-corrected chi connectivity index (χ3v) is 6.12. The van der Waals surface area contributed by atoms with Gasteiger partial charge in [-0.15, -0.1) is 34.4 Å². The maximum absolute atomic E-state index is 4.75. The van der Waals surface area contributed by atoms with Crippen molar-refractivity contribution in [2.45, 2.75) is 24.9 Å². The van der Waals surface area contributed by atoms with E-state index in [2.05, 4.69) is 54.1 Å². The van der Waals surface area contributed by atoms with Crippen LogP contribution in [0.1, 0.15) is 26.7 Å². The van der Waals surface area contributed by atoms with E-state index in [0.29, 0.717) is 0 Å². The molecule has 0 atom stereocenters. The van der Waals surface area contributed by atoms with Crippen molar-refractivity contribution >= 4 is 34.4 Å². The summed E-state index contributed by atoms with van der Waals surface area (Å²) in [5.41, 5.74) is 3.86. The molecule has 0 N–H and O–H groups in total. The molecular weight excluding hydrogens is 314 g/mol. The predicted molar refractivity (Wildman–Crippen MR) is 95.4 cm³/mol. The predicted octanol–water partition coefficient (Wildman–Crippen LogP) is 5.54. The largest absolute Gasteiger partial charge is 0.245 e. The summed E-state index contributed by atoms with van der Waals surface area (Å²) in [6.07, 6.45) is 0.945. The first-order valence-electron chi connectivity index (χ1n) is 6.88. The molecule has 0 amide bonds. The highest BCUT2D eigenvalue weighted by molar-refractivity contribution is 7.97. The Morgan fingerprint density at radius 2 is 1.90 bits per heavy atom. The van der Waals surface area contributed by atoms with Crippen LogP contribution in [0.3, 0.4) is 0 Å². The maximum atomic E-state index is 4.75. The number of thiophene rings is 1. The van der Waals surface area contributed by atoms with Crippen LogP contribution in [0.25, 0.3) is 0 Å². The average Bonchev–Trinajstić information content (AvgIpc) is 3.14. The van der Waals surface area contributed by atoms with Crippen molar-refractivity contribution in [3.8, 4) is 0 Å². The molecule has 2 heterocycles. The molecule has 4 heteroatoms. The molecule has 0 spiro atoms. The Morgan fingerprint density at radius 3 is 2.67 bits per heavy atom. The van der Waals surface area contributed by atoms with Gasteiger partial charge in [-0.3, -0.25) is 0 Å². The number of hydrogen-bond donors (Lipinski definition) is 0. The average molecular weight is 332 g/mol. The maximum Gasteiger partial charge on any atom is 0.0972 e. The highest BCUT2D eigenvalue weighted by Gasteiger charge is 2.04. The lowest BCUT2D eigenvalue weighted by Crippen LogP contribution is -1.89. The highest BCUT2D eigenvalue weighted by Crippen LogP contribution is 2.23. The van der Waals surface area contributed by atoms with E-state index in [1.165, 1.54) is 26.7 Å². The molecule has 0 radical (unpaired) electrons. The van der Waals surface area contributed by atoms with E-state index < -0.39 is 0 Å². The molecule has 3 aromatic rings. The molecule has 0 saturated heterocycles. The van der Waals surface area contributed by atoms with Gasteiger partial charge in [-0.2, -0.15) is 0 Å². The molecule has 21 heavy (non-hydrogen) atoms. The Balaban J connectivity index is 1.52. The molecule has 3 rings (SSSR count). The lowest BCUT2D eigenvalue weighted by molar-refractivity contribution is 1.09. The van der Waals surface area contributed by atoms with Crippen molar-refractivity contribution in [2.24, 2.45) is 0 Å². The second kappa shape index (κ2) is 7.25. The normalized spacial score (nSPS) is 10.9. The fourth-order valence-corrected chi connectivity index (χ4v) is 4.73. The molecule has 0 fully saturated rings. The molecule has 0 aliphatic heterocycles. The van der Waals surface area contributed by atoms with E-state index in [4.69, 9.17) is 4.98 Å². The summed E-state index contributed by atoms with van der Waals surface area (Å²) < 4.78 is 0. The lowest BCUT2D eigenvalue weighted by atomic mass is 10.1. The molecule has 1 nitrogen and oxygen atoms in total. The molecule has 0 bridgehead atoms. The smallest absolute Gasteiger partial charge is 0.0972 e. The Bertz CT molecular complexity index is 668. The number of thioether (sulfide) groups is 1. The molecule has 2 aromatic heterocycles. The fraction of sp³-hybridized carbons (Fsp3) is 0.235. The number of rotatable bonds is 6. The third-order valence-electron chi connectivity index (χ3n) is 3.15. The molecule has 108 valence electrons. The zero-order valence-corrected chi connectivity index (χ0v) is 14.4. The van der Waals surface area contributed by atoms with Crippen LogP contribution in [0.5, 0.6) is 0 Å². The first-order valence-corrected chi connectivity index (χ1v) is 9.80. The Morgan fingerprint density at radius 1 is 1.05 bits per heavy atom. The van der Waals surface area contributed by atoms with Gasteiger partial charge >= 0.3 is 0 Å². The van der Waals surface area contributed by atoms with Gasteiger partial charge in [-0.25, -0.2) is 4.98 Å². The van der Waals surface area contributed by atoms with E-state index in [-0.39, 0.29) is 0 Å². The number of thiazole rings is 1. The minimum absolute atomic E-state index is 0.945. The molecule has 0 aliphatic carbocycles. The number of aromatic nitrogens is 1. The topological polar surface area (TPSA) is 12.9 Å². The van der Waals surface area contributed by atoms with Gasteiger partial charge in [-0.1, -0.05) is 35.9 Å². The summed E-state index contributed by atoms with van der Waals surface area (Å²) in [7, 11) is 0. The van der Waals surface area contributed by atoms with Crippen LogP contribution in [0.4, 0.5) is 0 Å². The van der Waals surface area contributed by atoms with E-state index in [1.54, 1.807) is 11.3 Å². The summed E-state index contributed by atoms with van der Waals surface area (Å²) >= 11 is 5.54. The molecule has 0 aliphatic rings. The van der Waals surface area contributed by atoms with Crippen LogP contribution in [0.15, 0.2) is 47.2 Å². The zero-order chi connectivity index (χ0) is 14.5. The van der Waals surface area contributed by atoms with Gasteiger partial charge in [0.25, 0.3) is 0 Å². The van der Waals surface area contributed by atoms with Crippen molar-refractivity contribution in [1.82, 2.24) is 4.98 Å². The number of hydrogen-bond acceptors (Lipinski definition) is 4. The Hall–Kier alpha value is -1.10. The van der Waals surface area contributed by atoms with Crippen molar-refractivity contribution in [3.63, 3.8) is 0 Å². The van der Waals surface area contributed by atoms with Gasteiger partial charge in [0, 0.05) is 28.2 Å². The van der Waals surface area contributed by atoms with Crippen LogP contribution in [0, 0.1) is 6.92 Å². The summed E-state index contributed by atoms with van der Waals surface area (Å²) in [5, 5.41) is 5.55. The summed E-state index contributed by atoms with van der Waals surface area (Å²) in [4.78, 5) is 6.19. The second-order valence-electron chi connectivity index (χ2n) is 4.97. The van der Waals surface area contributed by atoms with E-state index >= 15 is 0 Å². The monoisotopic (exact) mass is 331 g/mol. The molecular formula is C17H17NS3. The highest BCUT2D eigenvalue weighted by atomic mass is 32.2. The van der Waals surface area contributed by atoms with Crippen LogP contribution in [0.2, 0.25) is 0 Å². The van der Waals surface area contributed by atoms with Crippen molar-refractivity contribution in [3.05, 3.63) is 73.9 Å². The summed E-state index contributed by atoms with van der Waals surface area (Å²) in [6, 6.07) is 13.0. The minimum atomic E-state index is 0.945. The standard InChI is InChI=1S/C17H17NS3/c1-13-4-6-14(7-5-13)9-17-18-15(11-21-17)10-19-12-16-3-2-8-20-16/h2-8,11H,9-10,12H2,1H3. The first kappa shape index (κ1) is 14.8. The quantitative estimate of drug-likeness (QED) is 0.588. The Kier molecular flexibility index (Phi) is 5.12. The number of aryl methyl sites for hydroxylation is 1. The molecule has 1 aromatic carbocycles. The first-order chi connectivity index (χ1) is 10.3. The van der Waals surface area contributed by atoms with Crippen LogP contribution in [-0.2, 0) is 17.9 Å². The van der Waals surface area contributed by atoms with Gasteiger partial charge in [-0.05, 0) is 23.9 Å². The number of nitrogens with zero attached hydrogens (tertiary/aromatic N) is 1. The summed E-state index contributed by atoms with van der Waals surface area (Å²) in [6.45, 7) is 2.12. The third kappa shape index (κ3) is 4.43. The zero-order valence-electron chi connectivity index (χ0n) is 11.9. The minimum Gasteiger partial charge on any atom is -0.245 e. The van der Waals surface area contributed by atoms with Gasteiger partial charge in [0.1, 0.15) is 0 Å². The van der Waals surface area contributed by atoms with Crippen LogP contribution < -0.4 is 0 Å². The van der Waals surface area contributed by atoms with Gasteiger partial charge in [0.05, 0.1) is 10.7 Å². The van der Waals surface area contributed by atoms with Gasteiger partial charge < -0.3 is 0 Å². The van der Waals surface area contributed by atoms with Gasteiger partial charge in [0.2, 0.25) is 0 Å². The number of benzene rings is 1. The van der Waals surface area contributed by atoms with Crippen LogP contribution in [-0.4, -0.2) is 4.98 Å². The van der Waals surface area contributed by atoms with Crippen molar-refractivity contribution in [2.75, 3.05) is 0 Å². The van der Waals surface area contributed by atoms with E-state index in [9.17, 15) is 0 Å². The van der Waals surface area contributed by atoms with Gasteiger partial charge in [0.15, 0.2) is 0 Å². The van der Waals surface area contributed by atoms with E-state index in [1.807, 2.05) is 23.1 Å². The van der Waals surface area contributed by atoms with Crippen molar-refractivity contribution < 1.29 is 0 Å². The second-order valence-corrected chi connectivity index (χ2v) is 7.93. The van der Waals surface area contributed by atoms with E-state index in [0.717, 1.165) is 17.9 Å².